The summed E-state index contributed by atoms with van der Waals surface area (Å²) in [5.41, 5.74) is 3.41. The summed E-state index contributed by atoms with van der Waals surface area (Å²) >= 11 is 4.64. The number of aryl methyl sites for hydroxylation is 1. The molecule has 0 bridgehead atoms. The molecule has 154 valence electrons. The summed E-state index contributed by atoms with van der Waals surface area (Å²) < 4.78 is 0.487. The van der Waals surface area contributed by atoms with Gasteiger partial charge in [0.05, 0.1) is 0 Å². The second-order valence-electron chi connectivity index (χ2n) is 7.21. The number of benzene rings is 2. The predicted molar refractivity (Wildman–Crippen MR) is 122 cm³/mol. The molecule has 0 radical (unpaired) electrons. The topological polar surface area (TPSA) is 83.1 Å². The molecule has 30 heavy (non-hydrogen) atoms. The standard InChI is InChI=1S/C22H21BrN4O2S/c1-13-7-8-15(20(28)25-16-9-10-16)11-17(13)26-22-27-19(23)18(30-22)21(29)24-12-14-5-3-2-4-6-14/h2-8,11,16H,9-10,12H2,1H3,(H,24,29)(H,25,28)(H,26,27). The summed E-state index contributed by atoms with van der Waals surface area (Å²) in [5, 5.41) is 9.73. The van der Waals surface area contributed by atoms with Gasteiger partial charge < -0.3 is 16.0 Å². The molecule has 3 aromatic rings. The fourth-order valence-electron chi connectivity index (χ4n) is 2.86. The molecule has 3 N–H and O–H groups in total. The van der Waals surface area contributed by atoms with Gasteiger partial charge in [-0.3, -0.25) is 9.59 Å². The van der Waals surface area contributed by atoms with E-state index in [2.05, 4.69) is 36.9 Å². The maximum atomic E-state index is 12.6. The minimum absolute atomic E-state index is 0.0677. The second-order valence-corrected chi connectivity index (χ2v) is 8.96. The average molecular weight is 485 g/mol. The third-order valence-electron chi connectivity index (χ3n) is 4.74. The highest BCUT2D eigenvalue weighted by atomic mass is 79.9. The second kappa shape index (κ2) is 8.97. The van der Waals surface area contributed by atoms with Gasteiger partial charge in [-0.15, -0.1) is 0 Å². The van der Waals surface area contributed by atoms with Crippen molar-refractivity contribution in [1.29, 1.82) is 0 Å². The largest absolute Gasteiger partial charge is 0.349 e. The molecule has 1 aromatic heterocycles. The lowest BCUT2D eigenvalue weighted by molar-refractivity contribution is 0.0944. The van der Waals surface area contributed by atoms with Crippen LogP contribution in [0.5, 0.6) is 0 Å². The minimum atomic E-state index is -0.189. The minimum Gasteiger partial charge on any atom is -0.349 e. The molecule has 1 aliphatic rings. The van der Waals surface area contributed by atoms with E-state index in [9.17, 15) is 9.59 Å². The summed E-state index contributed by atoms with van der Waals surface area (Å²) in [6.45, 7) is 2.41. The summed E-state index contributed by atoms with van der Waals surface area (Å²) in [5.74, 6) is -0.257. The molecule has 8 heteroatoms. The summed E-state index contributed by atoms with van der Waals surface area (Å²) in [4.78, 5) is 29.8. The molecule has 4 rings (SSSR count). The first kappa shape index (κ1) is 20.6. The number of carbonyl (C=O) groups is 2. The molecule has 1 fully saturated rings. The highest BCUT2D eigenvalue weighted by Gasteiger charge is 2.24. The van der Waals surface area contributed by atoms with Crippen molar-refractivity contribution >= 4 is 49.9 Å². The lowest BCUT2D eigenvalue weighted by Crippen LogP contribution is -2.25. The fraction of sp³-hybridized carbons (Fsp3) is 0.227. The molecule has 0 aliphatic heterocycles. The number of hydrogen-bond acceptors (Lipinski definition) is 5. The molecule has 0 unspecified atom stereocenters. The maximum Gasteiger partial charge on any atom is 0.264 e. The predicted octanol–water partition coefficient (Wildman–Crippen LogP) is 4.78. The Morgan fingerprint density at radius 1 is 1.13 bits per heavy atom. The van der Waals surface area contributed by atoms with E-state index < -0.39 is 0 Å². The molecule has 2 aromatic carbocycles. The van der Waals surface area contributed by atoms with E-state index in [0.29, 0.717) is 32.8 Å². The highest BCUT2D eigenvalue weighted by molar-refractivity contribution is 9.10. The van der Waals surface area contributed by atoms with Crippen molar-refractivity contribution in [2.45, 2.75) is 32.4 Å². The lowest BCUT2D eigenvalue weighted by Gasteiger charge is -2.10. The van der Waals surface area contributed by atoms with Crippen LogP contribution in [0.25, 0.3) is 0 Å². The van der Waals surface area contributed by atoms with Crippen LogP contribution in [0.15, 0.2) is 53.1 Å². The molecule has 0 atom stereocenters. The van der Waals surface area contributed by atoms with Gasteiger partial charge in [0.15, 0.2) is 5.13 Å². The van der Waals surface area contributed by atoms with Gasteiger partial charge in [-0.2, -0.15) is 0 Å². The molecule has 1 saturated carbocycles. The number of aromatic nitrogens is 1. The molecule has 1 heterocycles. The van der Waals surface area contributed by atoms with Gasteiger partial charge >= 0.3 is 0 Å². The van der Waals surface area contributed by atoms with Crippen molar-refractivity contribution in [3.63, 3.8) is 0 Å². The van der Waals surface area contributed by atoms with Crippen molar-refractivity contribution in [3.05, 3.63) is 74.7 Å². The van der Waals surface area contributed by atoms with Crippen molar-refractivity contribution < 1.29 is 9.59 Å². The first-order valence-corrected chi connectivity index (χ1v) is 11.3. The molecular weight excluding hydrogens is 464 g/mol. The van der Waals surface area contributed by atoms with E-state index in [1.54, 1.807) is 0 Å². The number of hydrogen-bond donors (Lipinski definition) is 3. The number of amides is 2. The third kappa shape index (κ3) is 5.06. The van der Waals surface area contributed by atoms with Crippen LogP contribution in [0.2, 0.25) is 0 Å². The zero-order valence-electron chi connectivity index (χ0n) is 16.4. The Labute approximate surface area is 187 Å². The van der Waals surface area contributed by atoms with Gasteiger partial charge in [0, 0.05) is 23.8 Å². The number of anilines is 2. The highest BCUT2D eigenvalue weighted by Crippen LogP contribution is 2.31. The van der Waals surface area contributed by atoms with Crippen LogP contribution in [0.3, 0.4) is 0 Å². The van der Waals surface area contributed by atoms with E-state index in [1.165, 1.54) is 11.3 Å². The first-order chi connectivity index (χ1) is 14.5. The molecule has 6 nitrogen and oxygen atoms in total. The summed E-state index contributed by atoms with van der Waals surface area (Å²) in [6.07, 6.45) is 2.09. The van der Waals surface area contributed by atoms with Crippen LogP contribution < -0.4 is 16.0 Å². The normalized spacial score (nSPS) is 13.0. The number of nitrogens with one attached hydrogen (secondary N) is 3. The van der Waals surface area contributed by atoms with Crippen LogP contribution in [-0.4, -0.2) is 22.8 Å². The smallest absolute Gasteiger partial charge is 0.264 e. The van der Waals surface area contributed by atoms with Crippen molar-refractivity contribution in [3.8, 4) is 0 Å². The zero-order valence-corrected chi connectivity index (χ0v) is 18.8. The van der Waals surface area contributed by atoms with Crippen molar-refractivity contribution in [1.82, 2.24) is 15.6 Å². The lowest BCUT2D eigenvalue weighted by atomic mass is 10.1. The van der Waals surface area contributed by atoms with Gasteiger partial charge in [0.1, 0.15) is 9.48 Å². The average Bonchev–Trinajstić information content (AvgIpc) is 3.48. The quantitative estimate of drug-likeness (QED) is 0.450. The fourth-order valence-corrected chi connectivity index (χ4v) is 4.37. The van der Waals surface area contributed by atoms with Crippen LogP contribution >= 0.6 is 27.3 Å². The van der Waals surface area contributed by atoms with E-state index in [1.807, 2.05) is 55.5 Å². The third-order valence-corrected chi connectivity index (χ3v) is 6.55. The zero-order chi connectivity index (χ0) is 21.1. The van der Waals surface area contributed by atoms with Gasteiger partial charge in [0.2, 0.25) is 0 Å². The van der Waals surface area contributed by atoms with Crippen LogP contribution in [0, 0.1) is 6.92 Å². The van der Waals surface area contributed by atoms with Crippen molar-refractivity contribution in [2.75, 3.05) is 5.32 Å². The Hall–Kier alpha value is -2.71. The van der Waals surface area contributed by atoms with E-state index >= 15 is 0 Å². The molecule has 0 spiro atoms. The molecule has 1 aliphatic carbocycles. The Balaban J connectivity index is 1.45. The van der Waals surface area contributed by atoms with E-state index in [-0.39, 0.29) is 11.8 Å². The number of carbonyl (C=O) groups excluding carboxylic acids is 2. The number of halogens is 1. The summed E-state index contributed by atoms with van der Waals surface area (Å²) in [6, 6.07) is 15.6. The van der Waals surface area contributed by atoms with Crippen LogP contribution in [-0.2, 0) is 6.54 Å². The molecular formula is C22H21BrN4O2S. The number of thiazole rings is 1. The maximum absolute atomic E-state index is 12.6. The monoisotopic (exact) mass is 484 g/mol. The Kier molecular flexibility index (Phi) is 6.15. The molecule has 2 amide bonds. The Morgan fingerprint density at radius 3 is 2.63 bits per heavy atom. The first-order valence-electron chi connectivity index (χ1n) is 9.66. The van der Waals surface area contributed by atoms with Gasteiger partial charge in [-0.05, 0) is 59.0 Å². The van der Waals surface area contributed by atoms with Crippen molar-refractivity contribution in [2.24, 2.45) is 0 Å². The van der Waals surface area contributed by atoms with Gasteiger partial charge in [-0.1, -0.05) is 47.7 Å². The van der Waals surface area contributed by atoms with E-state index in [4.69, 9.17) is 0 Å². The number of rotatable bonds is 7. The summed E-state index contributed by atoms with van der Waals surface area (Å²) in [7, 11) is 0. The van der Waals surface area contributed by atoms with Gasteiger partial charge in [-0.25, -0.2) is 4.98 Å². The van der Waals surface area contributed by atoms with E-state index in [0.717, 1.165) is 29.7 Å². The Bertz CT molecular complexity index is 1080. The van der Waals surface area contributed by atoms with Crippen LogP contribution in [0.1, 0.15) is 44.0 Å². The molecule has 0 saturated heterocycles. The Morgan fingerprint density at radius 2 is 1.90 bits per heavy atom. The van der Waals surface area contributed by atoms with Crippen LogP contribution in [0.4, 0.5) is 10.8 Å². The van der Waals surface area contributed by atoms with Gasteiger partial charge in [0.25, 0.3) is 11.8 Å². The SMILES string of the molecule is Cc1ccc(C(=O)NC2CC2)cc1Nc1nc(Br)c(C(=O)NCc2ccccc2)s1. The number of nitrogens with zero attached hydrogens (tertiary/aromatic N) is 1.